The second kappa shape index (κ2) is 6.79. The molecule has 0 saturated heterocycles. The summed E-state index contributed by atoms with van der Waals surface area (Å²) < 4.78 is 0. The van der Waals surface area contributed by atoms with E-state index in [9.17, 15) is 0 Å². The maximum Gasteiger partial charge on any atom is 0.0362 e. The Hall–Kier alpha value is -0.0800. The van der Waals surface area contributed by atoms with E-state index in [0.717, 1.165) is 30.3 Å². The van der Waals surface area contributed by atoms with Gasteiger partial charge in [0, 0.05) is 24.7 Å². The van der Waals surface area contributed by atoms with Crippen LogP contribution in [0.3, 0.4) is 0 Å². The maximum atomic E-state index is 6.39. The SMILES string of the molecule is CC(C)CN(C1CCCC1)C1(CN)CCCC(C)C1C. The van der Waals surface area contributed by atoms with Gasteiger partial charge in [-0.3, -0.25) is 4.90 Å². The van der Waals surface area contributed by atoms with Crippen molar-refractivity contribution in [3.05, 3.63) is 0 Å². The van der Waals surface area contributed by atoms with Crippen LogP contribution in [0.1, 0.15) is 72.6 Å². The average molecular weight is 280 g/mol. The van der Waals surface area contributed by atoms with Gasteiger partial charge in [0.1, 0.15) is 0 Å². The Bertz CT molecular complexity index is 296. The topological polar surface area (TPSA) is 29.3 Å². The van der Waals surface area contributed by atoms with Gasteiger partial charge in [0.05, 0.1) is 0 Å². The zero-order valence-electron chi connectivity index (χ0n) is 14.2. The van der Waals surface area contributed by atoms with E-state index >= 15 is 0 Å². The highest BCUT2D eigenvalue weighted by Gasteiger charge is 2.47. The van der Waals surface area contributed by atoms with Crippen LogP contribution >= 0.6 is 0 Å². The third kappa shape index (κ3) is 3.06. The van der Waals surface area contributed by atoms with Crippen LogP contribution in [0.15, 0.2) is 0 Å². The summed E-state index contributed by atoms with van der Waals surface area (Å²) in [4.78, 5) is 2.88. The number of nitrogens with zero attached hydrogens (tertiary/aromatic N) is 1. The summed E-state index contributed by atoms with van der Waals surface area (Å²) in [6.45, 7) is 11.7. The summed E-state index contributed by atoms with van der Waals surface area (Å²) in [5.74, 6) is 2.30. The van der Waals surface area contributed by atoms with E-state index in [4.69, 9.17) is 5.73 Å². The van der Waals surface area contributed by atoms with E-state index in [-0.39, 0.29) is 5.54 Å². The lowest BCUT2D eigenvalue weighted by atomic mass is 9.66. The third-order valence-electron chi connectivity index (χ3n) is 6.22. The summed E-state index contributed by atoms with van der Waals surface area (Å²) in [7, 11) is 0. The third-order valence-corrected chi connectivity index (χ3v) is 6.22. The van der Waals surface area contributed by atoms with Crippen molar-refractivity contribution in [1.82, 2.24) is 4.90 Å². The minimum Gasteiger partial charge on any atom is -0.329 e. The van der Waals surface area contributed by atoms with Gasteiger partial charge >= 0.3 is 0 Å². The molecule has 0 aromatic rings. The summed E-state index contributed by atoms with van der Waals surface area (Å²) in [5, 5.41) is 0. The number of hydrogen-bond donors (Lipinski definition) is 1. The number of nitrogens with two attached hydrogens (primary N) is 1. The summed E-state index contributed by atoms with van der Waals surface area (Å²) in [6, 6.07) is 0.800. The van der Waals surface area contributed by atoms with E-state index in [1.54, 1.807) is 0 Å². The van der Waals surface area contributed by atoms with Crippen molar-refractivity contribution >= 4 is 0 Å². The molecule has 2 aliphatic carbocycles. The zero-order valence-corrected chi connectivity index (χ0v) is 14.2. The molecule has 0 radical (unpaired) electrons. The van der Waals surface area contributed by atoms with Gasteiger partial charge in [0.25, 0.3) is 0 Å². The molecule has 0 amide bonds. The van der Waals surface area contributed by atoms with Gasteiger partial charge in [-0.2, -0.15) is 0 Å². The minimum absolute atomic E-state index is 0.275. The first kappa shape index (κ1) is 16.3. The van der Waals surface area contributed by atoms with Crippen LogP contribution in [0.25, 0.3) is 0 Å². The lowest BCUT2D eigenvalue weighted by Crippen LogP contribution is -2.64. The van der Waals surface area contributed by atoms with Crippen LogP contribution < -0.4 is 5.73 Å². The lowest BCUT2D eigenvalue weighted by molar-refractivity contribution is -0.0434. The minimum atomic E-state index is 0.275. The van der Waals surface area contributed by atoms with Gasteiger partial charge in [-0.25, -0.2) is 0 Å². The predicted molar refractivity (Wildman–Crippen MR) is 87.8 cm³/mol. The fourth-order valence-corrected chi connectivity index (χ4v) is 4.85. The molecule has 2 aliphatic rings. The van der Waals surface area contributed by atoms with Crippen molar-refractivity contribution in [1.29, 1.82) is 0 Å². The molecule has 2 rings (SSSR count). The van der Waals surface area contributed by atoms with Crippen LogP contribution in [0.5, 0.6) is 0 Å². The Labute approximate surface area is 126 Å². The molecule has 2 nitrogen and oxygen atoms in total. The molecule has 3 atom stereocenters. The second-order valence-corrected chi connectivity index (χ2v) is 7.95. The Kier molecular flexibility index (Phi) is 5.53. The van der Waals surface area contributed by atoms with Crippen molar-refractivity contribution in [3.8, 4) is 0 Å². The van der Waals surface area contributed by atoms with Crippen LogP contribution in [0.2, 0.25) is 0 Å². The van der Waals surface area contributed by atoms with Crippen LogP contribution in [0, 0.1) is 17.8 Å². The molecule has 0 aliphatic heterocycles. The Balaban J connectivity index is 2.26. The molecular weight excluding hydrogens is 244 g/mol. The van der Waals surface area contributed by atoms with E-state index in [1.165, 1.54) is 51.5 Å². The van der Waals surface area contributed by atoms with E-state index < -0.39 is 0 Å². The molecule has 2 fully saturated rings. The molecule has 20 heavy (non-hydrogen) atoms. The molecule has 0 spiro atoms. The Morgan fingerprint density at radius 2 is 1.75 bits per heavy atom. The molecule has 2 heteroatoms. The molecule has 2 saturated carbocycles. The molecule has 0 heterocycles. The fraction of sp³-hybridized carbons (Fsp3) is 1.00. The van der Waals surface area contributed by atoms with Gasteiger partial charge in [-0.15, -0.1) is 0 Å². The van der Waals surface area contributed by atoms with Gasteiger partial charge in [-0.1, -0.05) is 53.4 Å². The van der Waals surface area contributed by atoms with Crippen molar-refractivity contribution < 1.29 is 0 Å². The number of hydrogen-bond acceptors (Lipinski definition) is 2. The highest BCUT2D eigenvalue weighted by Crippen LogP contribution is 2.44. The van der Waals surface area contributed by atoms with Crippen LogP contribution in [-0.4, -0.2) is 29.6 Å². The van der Waals surface area contributed by atoms with Gasteiger partial charge in [0.2, 0.25) is 0 Å². The first-order valence-corrected chi connectivity index (χ1v) is 8.98. The number of rotatable bonds is 5. The summed E-state index contributed by atoms with van der Waals surface area (Å²) >= 11 is 0. The maximum absolute atomic E-state index is 6.39. The Morgan fingerprint density at radius 3 is 2.30 bits per heavy atom. The highest BCUT2D eigenvalue weighted by molar-refractivity contribution is 5.03. The first-order chi connectivity index (χ1) is 9.51. The second-order valence-electron chi connectivity index (χ2n) is 7.95. The molecule has 0 aromatic heterocycles. The van der Waals surface area contributed by atoms with Crippen molar-refractivity contribution in [3.63, 3.8) is 0 Å². The highest BCUT2D eigenvalue weighted by atomic mass is 15.2. The molecular formula is C18H36N2. The molecule has 0 aromatic carbocycles. The van der Waals surface area contributed by atoms with E-state index in [1.807, 2.05) is 0 Å². The van der Waals surface area contributed by atoms with Crippen LogP contribution in [0.4, 0.5) is 0 Å². The van der Waals surface area contributed by atoms with Crippen molar-refractivity contribution in [2.75, 3.05) is 13.1 Å². The van der Waals surface area contributed by atoms with Crippen molar-refractivity contribution in [2.24, 2.45) is 23.5 Å². The standard InChI is InChI=1S/C18H36N2/c1-14(2)12-20(17-9-5-6-10-17)18(13-19)11-7-8-15(3)16(18)4/h14-17H,5-13,19H2,1-4H3. The summed E-state index contributed by atoms with van der Waals surface area (Å²) in [6.07, 6.45) is 9.71. The molecule has 3 unspecified atom stereocenters. The van der Waals surface area contributed by atoms with Gasteiger partial charge < -0.3 is 5.73 Å². The van der Waals surface area contributed by atoms with E-state index in [2.05, 4.69) is 32.6 Å². The predicted octanol–water partition coefficient (Wildman–Crippen LogP) is 4.04. The Morgan fingerprint density at radius 1 is 1.10 bits per heavy atom. The first-order valence-electron chi connectivity index (χ1n) is 8.98. The van der Waals surface area contributed by atoms with Gasteiger partial charge in [0.15, 0.2) is 0 Å². The van der Waals surface area contributed by atoms with E-state index in [0.29, 0.717) is 0 Å². The zero-order chi connectivity index (χ0) is 14.8. The smallest absolute Gasteiger partial charge is 0.0362 e. The van der Waals surface area contributed by atoms with Gasteiger partial charge in [-0.05, 0) is 37.0 Å². The largest absolute Gasteiger partial charge is 0.329 e. The molecule has 118 valence electrons. The quantitative estimate of drug-likeness (QED) is 0.823. The normalized spacial score (nSPS) is 36.1. The summed E-state index contributed by atoms with van der Waals surface area (Å²) in [5.41, 5.74) is 6.67. The van der Waals surface area contributed by atoms with Crippen molar-refractivity contribution in [2.45, 2.75) is 84.2 Å². The monoisotopic (exact) mass is 280 g/mol. The van der Waals surface area contributed by atoms with Crippen LogP contribution in [-0.2, 0) is 0 Å². The molecule has 2 N–H and O–H groups in total. The molecule has 0 bridgehead atoms. The fourth-order valence-electron chi connectivity index (χ4n) is 4.85. The average Bonchev–Trinajstić information content (AvgIpc) is 2.93. The lowest BCUT2D eigenvalue weighted by Gasteiger charge is -2.55.